The zero-order valence-electron chi connectivity index (χ0n) is 17.6. The van der Waals surface area contributed by atoms with Gasteiger partial charge in [-0.2, -0.15) is 0 Å². The molecule has 0 N–H and O–H groups in total. The molecule has 5 nitrogen and oxygen atoms in total. The van der Waals surface area contributed by atoms with Crippen LogP contribution in [0.15, 0.2) is 106 Å². The van der Waals surface area contributed by atoms with Gasteiger partial charge in [0.15, 0.2) is 0 Å². The molecule has 2 heterocycles. The highest BCUT2D eigenvalue weighted by Gasteiger charge is 2.43. The van der Waals surface area contributed by atoms with Gasteiger partial charge in [-0.15, -0.1) is 0 Å². The van der Waals surface area contributed by atoms with Gasteiger partial charge in [-0.1, -0.05) is 66.4 Å². The number of amides is 2. The molecular formula is C26H23N3O2S. The summed E-state index contributed by atoms with van der Waals surface area (Å²) < 4.78 is 0. The summed E-state index contributed by atoms with van der Waals surface area (Å²) in [7, 11) is 0. The van der Waals surface area contributed by atoms with Gasteiger partial charge in [0, 0.05) is 36.8 Å². The molecule has 0 radical (unpaired) electrons. The predicted octanol–water partition coefficient (Wildman–Crippen LogP) is 4.39. The van der Waals surface area contributed by atoms with Crippen LogP contribution in [0.2, 0.25) is 0 Å². The quantitative estimate of drug-likeness (QED) is 0.550. The van der Waals surface area contributed by atoms with Crippen LogP contribution < -0.4 is 9.80 Å². The van der Waals surface area contributed by atoms with Gasteiger partial charge in [-0.3, -0.25) is 9.59 Å². The van der Waals surface area contributed by atoms with E-state index in [4.69, 9.17) is 0 Å². The molecule has 2 aliphatic heterocycles. The Morgan fingerprint density at radius 2 is 1.06 bits per heavy atom. The van der Waals surface area contributed by atoms with Crippen molar-refractivity contribution in [2.45, 2.75) is 4.90 Å². The number of carbonyl (C=O) groups excluding carboxylic acids is 2. The number of para-hydroxylation sites is 2. The Bertz CT molecular complexity index is 1140. The van der Waals surface area contributed by atoms with E-state index in [1.807, 2.05) is 66.7 Å². The molecule has 160 valence electrons. The zero-order chi connectivity index (χ0) is 21.9. The molecule has 1 saturated heterocycles. The van der Waals surface area contributed by atoms with E-state index in [2.05, 4.69) is 21.9 Å². The van der Waals surface area contributed by atoms with Crippen LogP contribution >= 0.6 is 11.8 Å². The summed E-state index contributed by atoms with van der Waals surface area (Å²) >= 11 is 1.37. The number of piperazine rings is 1. The van der Waals surface area contributed by atoms with Gasteiger partial charge in [-0.05, 0) is 36.4 Å². The number of carbonyl (C=O) groups is 2. The van der Waals surface area contributed by atoms with Crippen LogP contribution in [-0.2, 0) is 9.59 Å². The molecule has 0 bridgehead atoms. The second-order valence-electron chi connectivity index (χ2n) is 7.68. The van der Waals surface area contributed by atoms with Gasteiger partial charge < -0.3 is 9.80 Å². The van der Waals surface area contributed by atoms with Crippen LogP contribution in [0.4, 0.5) is 11.4 Å². The molecule has 0 atom stereocenters. The van der Waals surface area contributed by atoms with Crippen LogP contribution in [0.25, 0.3) is 0 Å². The zero-order valence-corrected chi connectivity index (χ0v) is 18.4. The van der Waals surface area contributed by atoms with E-state index in [1.165, 1.54) is 22.3 Å². The fourth-order valence-electron chi connectivity index (χ4n) is 4.11. The van der Waals surface area contributed by atoms with Gasteiger partial charge in [-0.25, -0.2) is 4.90 Å². The van der Waals surface area contributed by atoms with Gasteiger partial charge in [0.05, 0.1) is 5.69 Å². The SMILES string of the molecule is O=C1C(Sc2ccccc2)=C(N2CCN(c3ccccc3)CC2)C(=O)N1c1ccccc1. The third-order valence-corrected chi connectivity index (χ3v) is 6.79. The van der Waals surface area contributed by atoms with E-state index in [0.717, 1.165) is 18.0 Å². The summed E-state index contributed by atoms with van der Waals surface area (Å²) in [5.41, 5.74) is 2.30. The topological polar surface area (TPSA) is 43.9 Å². The molecule has 5 rings (SSSR count). The van der Waals surface area contributed by atoms with Crippen LogP contribution in [0.5, 0.6) is 0 Å². The monoisotopic (exact) mass is 441 g/mol. The van der Waals surface area contributed by atoms with Crippen LogP contribution in [0, 0.1) is 0 Å². The first-order valence-corrected chi connectivity index (χ1v) is 11.5. The highest BCUT2D eigenvalue weighted by molar-refractivity contribution is 8.04. The van der Waals surface area contributed by atoms with Gasteiger partial charge >= 0.3 is 0 Å². The van der Waals surface area contributed by atoms with E-state index in [0.29, 0.717) is 29.4 Å². The number of thioether (sulfide) groups is 1. The maximum absolute atomic E-state index is 13.5. The standard InChI is InChI=1S/C26H23N3O2S/c30-25-23(28-18-16-27(17-19-28)20-10-4-1-5-11-20)24(32-22-14-8-3-9-15-22)26(31)29(25)21-12-6-2-7-13-21/h1-15H,16-19H2. The Labute approximate surface area is 191 Å². The number of hydrogen-bond donors (Lipinski definition) is 0. The maximum atomic E-state index is 13.5. The van der Waals surface area contributed by atoms with E-state index in [9.17, 15) is 9.59 Å². The fraction of sp³-hybridized carbons (Fsp3) is 0.154. The van der Waals surface area contributed by atoms with E-state index >= 15 is 0 Å². The van der Waals surface area contributed by atoms with Crippen molar-refractivity contribution in [3.8, 4) is 0 Å². The fourth-order valence-corrected chi connectivity index (χ4v) is 5.13. The van der Waals surface area contributed by atoms with Crippen molar-refractivity contribution < 1.29 is 9.59 Å². The highest BCUT2D eigenvalue weighted by atomic mass is 32.2. The van der Waals surface area contributed by atoms with Crippen molar-refractivity contribution in [1.82, 2.24) is 4.90 Å². The first-order valence-electron chi connectivity index (χ1n) is 10.7. The lowest BCUT2D eigenvalue weighted by Crippen LogP contribution is -2.47. The lowest BCUT2D eigenvalue weighted by Gasteiger charge is -2.37. The molecule has 0 saturated carbocycles. The van der Waals surface area contributed by atoms with Gasteiger partial charge in [0.25, 0.3) is 11.8 Å². The minimum Gasteiger partial charge on any atom is -0.368 e. The van der Waals surface area contributed by atoms with E-state index in [-0.39, 0.29) is 11.8 Å². The Hall–Kier alpha value is -3.51. The smallest absolute Gasteiger partial charge is 0.283 e. The molecule has 0 spiro atoms. The average Bonchev–Trinajstić information content (AvgIpc) is 3.10. The van der Waals surface area contributed by atoms with Crippen molar-refractivity contribution in [3.63, 3.8) is 0 Å². The number of benzene rings is 3. The summed E-state index contributed by atoms with van der Waals surface area (Å²) in [4.78, 5) is 34.1. The molecule has 3 aromatic rings. The van der Waals surface area contributed by atoms with Crippen molar-refractivity contribution in [2.24, 2.45) is 0 Å². The summed E-state index contributed by atoms with van der Waals surface area (Å²) in [6.07, 6.45) is 0. The Balaban J connectivity index is 1.45. The Kier molecular flexibility index (Phi) is 5.69. The van der Waals surface area contributed by atoms with Crippen molar-refractivity contribution in [3.05, 3.63) is 102 Å². The van der Waals surface area contributed by atoms with Crippen LogP contribution in [-0.4, -0.2) is 42.9 Å². The second-order valence-corrected chi connectivity index (χ2v) is 8.77. The molecule has 0 unspecified atom stereocenters. The molecule has 0 aliphatic carbocycles. The summed E-state index contributed by atoms with van der Waals surface area (Å²) in [6.45, 7) is 2.96. The van der Waals surface area contributed by atoms with Gasteiger partial charge in [0.2, 0.25) is 0 Å². The first-order chi connectivity index (χ1) is 15.7. The number of rotatable bonds is 5. The molecule has 2 amide bonds. The van der Waals surface area contributed by atoms with Crippen molar-refractivity contribution in [1.29, 1.82) is 0 Å². The highest BCUT2D eigenvalue weighted by Crippen LogP contribution is 2.39. The lowest BCUT2D eigenvalue weighted by atomic mass is 10.2. The van der Waals surface area contributed by atoms with Crippen molar-refractivity contribution in [2.75, 3.05) is 36.0 Å². The first kappa shape index (κ1) is 20.4. The summed E-state index contributed by atoms with van der Waals surface area (Å²) in [6, 6.07) is 29.2. The average molecular weight is 442 g/mol. The normalized spacial score (nSPS) is 16.8. The maximum Gasteiger partial charge on any atom is 0.283 e. The van der Waals surface area contributed by atoms with Crippen LogP contribution in [0.3, 0.4) is 0 Å². The molecule has 6 heteroatoms. The van der Waals surface area contributed by atoms with Gasteiger partial charge in [0.1, 0.15) is 10.6 Å². The van der Waals surface area contributed by atoms with E-state index < -0.39 is 0 Å². The number of hydrogen-bond acceptors (Lipinski definition) is 5. The van der Waals surface area contributed by atoms with Crippen molar-refractivity contribution >= 4 is 35.0 Å². The number of nitrogens with zero attached hydrogens (tertiary/aromatic N) is 3. The van der Waals surface area contributed by atoms with E-state index in [1.54, 1.807) is 12.1 Å². The predicted molar refractivity (Wildman–Crippen MR) is 128 cm³/mol. The number of anilines is 2. The second kappa shape index (κ2) is 8.93. The summed E-state index contributed by atoms with van der Waals surface area (Å²) in [5.74, 6) is -0.497. The number of imide groups is 1. The van der Waals surface area contributed by atoms with Crippen LogP contribution in [0.1, 0.15) is 0 Å². The third-order valence-electron chi connectivity index (χ3n) is 5.71. The molecule has 1 fully saturated rings. The minimum absolute atomic E-state index is 0.243. The Morgan fingerprint density at radius 3 is 1.66 bits per heavy atom. The molecular weight excluding hydrogens is 418 g/mol. The third kappa shape index (κ3) is 3.89. The lowest BCUT2D eigenvalue weighted by molar-refractivity contribution is -0.121. The molecule has 2 aliphatic rings. The molecule has 0 aromatic heterocycles. The largest absolute Gasteiger partial charge is 0.368 e. The molecule has 32 heavy (non-hydrogen) atoms. The summed E-state index contributed by atoms with van der Waals surface area (Å²) in [5, 5.41) is 0. The molecule has 3 aromatic carbocycles. The minimum atomic E-state index is -0.254. The Morgan fingerprint density at radius 1 is 0.562 bits per heavy atom.